The summed E-state index contributed by atoms with van der Waals surface area (Å²) in [5.74, 6) is 0. The molecule has 0 saturated heterocycles. The van der Waals surface area contributed by atoms with Crippen LogP contribution in [0.2, 0.25) is 0 Å². The van der Waals surface area contributed by atoms with Crippen molar-refractivity contribution in [1.29, 1.82) is 0 Å². The first-order valence-corrected chi connectivity index (χ1v) is 3.78. The second-order valence-electron chi connectivity index (χ2n) is 3.14. The van der Waals surface area contributed by atoms with E-state index in [1.807, 2.05) is 0 Å². The molecule has 0 aliphatic heterocycles. The van der Waals surface area contributed by atoms with Gasteiger partial charge in [0.05, 0.1) is 12.7 Å². The van der Waals surface area contributed by atoms with Gasteiger partial charge in [0.2, 0.25) is 0 Å². The summed E-state index contributed by atoms with van der Waals surface area (Å²) in [5, 5.41) is 0. The predicted molar refractivity (Wildman–Crippen MR) is 45.1 cm³/mol. The van der Waals surface area contributed by atoms with E-state index in [9.17, 15) is 0 Å². The molecular weight excluding hydrogens is 124 g/mol. The number of allylic oxidation sites excluding steroid dienone is 1. The molecule has 0 aliphatic carbocycles. The minimum absolute atomic E-state index is 0.342. The lowest BCUT2D eigenvalue weighted by Crippen LogP contribution is -2.05. The summed E-state index contributed by atoms with van der Waals surface area (Å²) < 4.78 is 5.41. The summed E-state index contributed by atoms with van der Waals surface area (Å²) in [6, 6.07) is 0. The molecule has 0 rings (SSSR count). The van der Waals surface area contributed by atoms with Gasteiger partial charge >= 0.3 is 0 Å². The van der Waals surface area contributed by atoms with E-state index in [1.54, 1.807) is 0 Å². The maximum absolute atomic E-state index is 5.41. The second-order valence-corrected chi connectivity index (χ2v) is 3.14. The first kappa shape index (κ1) is 9.70. The van der Waals surface area contributed by atoms with Gasteiger partial charge in [0.1, 0.15) is 0 Å². The van der Waals surface area contributed by atoms with E-state index >= 15 is 0 Å². The zero-order valence-electron chi connectivity index (χ0n) is 7.69. The number of rotatable bonds is 3. The van der Waals surface area contributed by atoms with Crippen LogP contribution >= 0.6 is 0 Å². The maximum Gasteiger partial charge on any atom is 0.0679 e. The van der Waals surface area contributed by atoms with Gasteiger partial charge in [-0.25, -0.2) is 0 Å². The highest BCUT2D eigenvalue weighted by atomic mass is 16.5. The second kappa shape index (κ2) is 4.51. The third-order valence-electron chi connectivity index (χ3n) is 1.49. The van der Waals surface area contributed by atoms with E-state index in [1.165, 1.54) is 11.1 Å². The lowest BCUT2D eigenvalue weighted by molar-refractivity contribution is 0.0969. The third-order valence-corrected chi connectivity index (χ3v) is 1.49. The molecule has 0 atom stereocenters. The Bertz CT molecular complexity index is 119. The Balaban J connectivity index is 3.60. The lowest BCUT2D eigenvalue weighted by atomic mass is 10.2. The van der Waals surface area contributed by atoms with Crippen LogP contribution in [0.4, 0.5) is 0 Å². The number of hydrogen-bond acceptors (Lipinski definition) is 1. The Morgan fingerprint density at radius 3 is 2.00 bits per heavy atom. The predicted octanol–water partition coefficient (Wildman–Crippen LogP) is 2.77. The van der Waals surface area contributed by atoms with Crippen molar-refractivity contribution >= 4 is 0 Å². The molecule has 0 unspecified atom stereocenters. The molecule has 10 heavy (non-hydrogen) atoms. The van der Waals surface area contributed by atoms with Crippen LogP contribution in [0.25, 0.3) is 0 Å². The molecule has 0 saturated carbocycles. The molecule has 1 heteroatoms. The zero-order valence-corrected chi connectivity index (χ0v) is 7.69. The van der Waals surface area contributed by atoms with Crippen molar-refractivity contribution in [2.24, 2.45) is 0 Å². The fourth-order valence-electron chi connectivity index (χ4n) is 0.436. The van der Waals surface area contributed by atoms with Gasteiger partial charge in [-0.15, -0.1) is 0 Å². The minimum Gasteiger partial charge on any atom is -0.374 e. The summed E-state index contributed by atoms with van der Waals surface area (Å²) in [6.45, 7) is 11.2. The Labute approximate surface area is 64.1 Å². The van der Waals surface area contributed by atoms with Crippen molar-refractivity contribution in [1.82, 2.24) is 0 Å². The van der Waals surface area contributed by atoms with Gasteiger partial charge < -0.3 is 4.74 Å². The summed E-state index contributed by atoms with van der Waals surface area (Å²) in [4.78, 5) is 0. The standard InChI is InChI=1S/C9H18O/c1-7(2)9(5)6-10-8(3)4/h8H,6H2,1-5H3. The highest BCUT2D eigenvalue weighted by Crippen LogP contribution is 2.03. The molecule has 60 valence electrons. The van der Waals surface area contributed by atoms with Gasteiger partial charge in [-0.1, -0.05) is 5.57 Å². The number of ether oxygens (including phenoxy) is 1. The summed E-state index contributed by atoms with van der Waals surface area (Å²) in [5.41, 5.74) is 2.70. The van der Waals surface area contributed by atoms with E-state index in [4.69, 9.17) is 4.74 Å². The molecule has 0 aliphatic rings. The van der Waals surface area contributed by atoms with Crippen LogP contribution in [0, 0.1) is 0 Å². The minimum atomic E-state index is 0.342. The van der Waals surface area contributed by atoms with E-state index < -0.39 is 0 Å². The first-order valence-electron chi connectivity index (χ1n) is 3.78. The van der Waals surface area contributed by atoms with Crippen LogP contribution < -0.4 is 0 Å². The van der Waals surface area contributed by atoms with Crippen molar-refractivity contribution in [3.8, 4) is 0 Å². The summed E-state index contributed by atoms with van der Waals surface area (Å²) in [6.07, 6.45) is 0.342. The summed E-state index contributed by atoms with van der Waals surface area (Å²) >= 11 is 0. The Morgan fingerprint density at radius 1 is 1.20 bits per heavy atom. The molecule has 0 bridgehead atoms. The molecule has 0 spiro atoms. The van der Waals surface area contributed by atoms with Crippen LogP contribution in [-0.2, 0) is 4.74 Å². The van der Waals surface area contributed by atoms with Gasteiger partial charge in [0.25, 0.3) is 0 Å². The van der Waals surface area contributed by atoms with Crippen molar-refractivity contribution in [2.75, 3.05) is 6.61 Å². The van der Waals surface area contributed by atoms with Crippen molar-refractivity contribution in [3.63, 3.8) is 0 Å². The molecule has 0 aromatic rings. The molecule has 0 aromatic heterocycles. The lowest BCUT2D eigenvalue weighted by Gasteiger charge is -2.08. The first-order chi connectivity index (χ1) is 4.54. The molecule has 0 heterocycles. The average Bonchev–Trinajstić information content (AvgIpc) is 1.82. The van der Waals surface area contributed by atoms with E-state index in [2.05, 4.69) is 34.6 Å². The fourth-order valence-corrected chi connectivity index (χ4v) is 0.436. The van der Waals surface area contributed by atoms with Crippen LogP contribution in [0.3, 0.4) is 0 Å². The van der Waals surface area contributed by atoms with Crippen LogP contribution in [0.5, 0.6) is 0 Å². The van der Waals surface area contributed by atoms with E-state index in [-0.39, 0.29) is 0 Å². The fraction of sp³-hybridized carbons (Fsp3) is 0.778. The van der Waals surface area contributed by atoms with E-state index in [0.717, 1.165) is 6.61 Å². The average molecular weight is 142 g/mol. The van der Waals surface area contributed by atoms with Crippen molar-refractivity contribution in [3.05, 3.63) is 11.1 Å². The maximum atomic E-state index is 5.41. The summed E-state index contributed by atoms with van der Waals surface area (Å²) in [7, 11) is 0. The Kier molecular flexibility index (Phi) is 4.37. The third kappa shape index (κ3) is 4.57. The SMILES string of the molecule is CC(C)=C(C)COC(C)C. The molecule has 1 nitrogen and oxygen atoms in total. The molecule has 0 radical (unpaired) electrons. The van der Waals surface area contributed by atoms with Crippen molar-refractivity contribution < 1.29 is 4.74 Å². The smallest absolute Gasteiger partial charge is 0.0679 e. The number of hydrogen-bond donors (Lipinski definition) is 0. The van der Waals surface area contributed by atoms with Crippen LogP contribution in [-0.4, -0.2) is 12.7 Å². The topological polar surface area (TPSA) is 9.23 Å². The Hall–Kier alpha value is -0.300. The normalized spacial score (nSPS) is 10.2. The van der Waals surface area contributed by atoms with Gasteiger partial charge in [0, 0.05) is 0 Å². The van der Waals surface area contributed by atoms with Crippen molar-refractivity contribution in [2.45, 2.75) is 40.7 Å². The molecule has 0 amide bonds. The molecule has 0 N–H and O–H groups in total. The molecule has 0 aromatic carbocycles. The monoisotopic (exact) mass is 142 g/mol. The van der Waals surface area contributed by atoms with Gasteiger partial charge in [-0.05, 0) is 40.2 Å². The van der Waals surface area contributed by atoms with Gasteiger partial charge in [-0.2, -0.15) is 0 Å². The quantitative estimate of drug-likeness (QED) is 0.550. The van der Waals surface area contributed by atoms with Gasteiger partial charge in [-0.3, -0.25) is 0 Å². The largest absolute Gasteiger partial charge is 0.374 e. The zero-order chi connectivity index (χ0) is 8.15. The molecular formula is C9H18O. The molecule has 0 fully saturated rings. The Morgan fingerprint density at radius 2 is 1.70 bits per heavy atom. The highest BCUT2D eigenvalue weighted by molar-refractivity contribution is 5.06. The van der Waals surface area contributed by atoms with E-state index in [0.29, 0.717) is 6.10 Å². The van der Waals surface area contributed by atoms with Crippen LogP contribution in [0.15, 0.2) is 11.1 Å². The van der Waals surface area contributed by atoms with Gasteiger partial charge in [0.15, 0.2) is 0 Å². The van der Waals surface area contributed by atoms with Crippen LogP contribution in [0.1, 0.15) is 34.6 Å². The highest BCUT2D eigenvalue weighted by Gasteiger charge is 1.94.